The van der Waals surface area contributed by atoms with Gasteiger partial charge in [-0.3, -0.25) is 4.79 Å². The molecule has 1 fully saturated rings. The van der Waals surface area contributed by atoms with Gasteiger partial charge in [-0.1, -0.05) is 35.2 Å². The van der Waals surface area contributed by atoms with Crippen LogP contribution in [0.1, 0.15) is 54.9 Å². The van der Waals surface area contributed by atoms with Gasteiger partial charge in [0.1, 0.15) is 6.29 Å². The van der Waals surface area contributed by atoms with Gasteiger partial charge >= 0.3 is 0 Å². The van der Waals surface area contributed by atoms with Crippen LogP contribution in [0.4, 0.5) is 5.69 Å². The van der Waals surface area contributed by atoms with Gasteiger partial charge in [0.2, 0.25) is 0 Å². The maximum Gasteiger partial charge on any atom is 0.150 e. The summed E-state index contributed by atoms with van der Waals surface area (Å²) in [5, 5.41) is 0. The normalized spacial score (nSPS) is 16.4. The highest BCUT2D eigenvalue weighted by atomic mass is 79.9. The molecule has 0 aliphatic heterocycles. The van der Waals surface area contributed by atoms with E-state index in [-0.39, 0.29) is 0 Å². The van der Waals surface area contributed by atoms with Crippen molar-refractivity contribution < 1.29 is 4.79 Å². The number of nitrogens with zero attached hydrogens (tertiary/aromatic N) is 1. The van der Waals surface area contributed by atoms with Crippen molar-refractivity contribution in [3.8, 4) is 0 Å². The number of hydrogen-bond acceptors (Lipinski definition) is 2. The average Bonchev–Trinajstić information content (AvgIpc) is 2.44. The Hall–Kier alpha value is -0.830. The van der Waals surface area contributed by atoms with E-state index in [2.05, 4.69) is 40.7 Å². The van der Waals surface area contributed by atoms with E-state index >= 15 is 0 Å². The quantitative estimate of drug-likeness (QED) is 0.746. The summed E-state index contributed by atoms with van der Waals surface area (Å²) in [7, 11) is 0. The van der Waals surface area contributed by atoms with E-state index in [1.54, 1.807) is 0 Å². The number of halogens is 1. The topological polar surface area (TPSA) is 20.3 Å². The Morgan fingerprint density at radius 2 is 2.00 bits per heavy atom. The minimum Gasteiger partial charge on any atom is -0.369 e. The minimum absolute atomic E-state index is 0.631. The van der Waals surface area contributed by atoms with Crippen molar-refractivity contribution in [3.63, 3.8) is 0 Å². The molecule has 19 heavy (non-hydrogen) atoms. The lowest BCUT2D eigenvalue weighted by atomic mass is 9.93. The van der Waals surface area contributed by atoms with E-state index in [4.69, 9.17) is 0 Å². The number of anilines is 1. The second-order valence-electron chi connectivity index (χ2n) is 5.33. The Kier molecular flexibility index (Phi) is 5.03. The van der Waals surface area contributed by atoms with Crippen LogP contribution in [-0.4, -0.2) is 18.9 Å². The van der Waals surface area contributed by atoms with Gasteiger partial charge in [0.05, 0.1) is 0 Å². The molecule has 104 valence electrons. The fraction of sp³-hybridized carbons (Fsp3) is 0.562. The Morgan fingerprint density at radius 3 is 2.58 bits per heavy atom. The predicted molar refractivity (Wildman–Crippen MR) is 84.2 cm³/mol. The van der Waals surface area contributed by atoms with Crippen molar-refractivity contribution in [1.82, 2.24) is 0 Å². The maximum atomic E-state index is 11.2. The monoisotopic (exact) mass is 323 g/mol. The third-order valence-corrected chi connectivity index (χ3v) is 4.64. The number of hydrogen-bond donors (Lipinski definition) is 0. The molecule has 0 radical (unpaired) electrons. The van der Waals surface area contributed by atoms with E-state index in [0.29, 0.717) is 6.04 Å². The van der Waals surface area contributed by atoms with Crippen LogP contribution in [0.5, 0.6) is 0 Å². The molecule has 3 heteroatoms. The van der Waals surface area contributed by atoms with Crippen LogP contribution in [0.15, 0.2) is 16.6 Å². The second-order valence-corrected chi connectivity index (χ2v) is 6.25. The summed E-state index contributed by atoms with van der Waals surface area (Å²) in [4.78, 5) is 13.7. The molecule has 0 unspecified atom stereocenters. The fourth-order valence-corrected chi connectivity index (χ4v) is 3.59. The third-order valence-electron chi connectivity index (χ3n) is 4.18. The summed E-state index contributed by atoms with van der Waals surface area (Å²) >= 11 is 3.52. The van der Waals surface area contributed by atoms with E-state index in [0.717, 1.165) is 28.4 Å². The van der Waals surface area contributed by atoms with E-state index in [9.17, 15) is 4.79 Å². The van der Waals surface area contributed by atoms with Crippen molar-refractivity contribution in [3.05, 3.63) is 27.7 Å². The van der Waals surface area contributed by atoms with Gasteiger partial charge in [0.25, 0.3) is 0 Å². The Morgan fingerprint density at radius 1 is 1.32 bits per heavy atom. The summed E-state index contributed by atoms with van der Waals surface area (Å²) < 4.78 is 0.990. The fourth-order valence-electron chi connectivity index (χ4n) is 3.12. The van der Waals surface area contributed by atoms with Crippen LogP contribution in [0.3, 0.4) is 0 Å². The molecular weight excluding hydrogens is 302 g/mol. The molecule has 1 saturated carbocycles. The molecule has 1 aromatic rings. The average molecular weight is 324 g/mol. The first-order valence-electron chi connectivity index (χ1n) is 7.19. The Bertz CT molecular complexity index is 452. The van der Waals surface area contributed by atoms with E-state index in [1.807, 2.05) is 6.07 Å². The number of carbonyl (C=O) groups excluding carboxylic acids is 1. The summed E-state index contributed by atoms with van der Waals surface area (Å²) in [6, 6.07) is 4.69. The molecule has 2 nitrogen and oxygen atoms in total. The summed E-state index contributed by atoms with van der Waals surface area (Å²) in [6.07, 6.45) is 7.53. The predicted octanol–water partition coefficient (Wildman–Crippen LogP) is 4.73. The van der Waals surface area contributed by atoms with Crippen LogP contribution in [0.2, 0.25) is 0 Å². The zero-order chi connectivity index (χ0) is 13.8. The minimum atomic E-state index is 0.631. The summed E-state index contributed by atoms with van der Waals surface area (Å²) in [6.45, 7) is 5.26. The molecule has 0 spiro atoms. The van der Waals surface area contributed by atoms with Crippen LogP contribution >= 0.6 is 15.9 Å². The van der Waals surface area contributed by atoms with E-state index < -0.39 is 0 Å². The molecule has 0 bridgehead atoms. The number of aldehydes is 1. The lowest BCUT2D eigenvalue weighted by molar-refractivity contribution is 0.112. The van der Waals surface area contributed by atoms with Crippen LogP contribution in [0, 0.1) is 6.92 Å². The number of rotatable bonds is 4. The van der Waals surface area contributed by atoms with Crippen molar-refractivity contribution in [2.24, 2.45) is 0 Å². The second kappa shape index (κ2) is 6.56. The summed E-state index contributed by atoms with van der Waals surface area (Å²) in [5.41, 5.74) is 3.11. The molecule has 0 atom stereocenters. The van der Waals surface area contributed by atoms with Crippen molar-refractivity contribution in [2.75, 3.05) is 11.4 Å². The number of benzene rings is 1. The molecular formula is C16H22BrNO. The molecule has 1 aliphatic rings. The van der Waals surface area contributed by atoms with Gasteiger partial charge in [-0.2, -0.15) is 0 Å². The molecule has 0 N–H and O–H groups in total. The smallest absolute Gasteiger partial charge is 0.150 e. The van der Waals surface area contributed by atoms with Crippen molar-refractivity contribution in [2.45, 2.75) is 52.0 Å². The van der Waals surface area contributed by atoms with Crippen LogP contribution < -0.4 is 4.90 Å². The van der Waals surface area contributed by atoms with Crippen LogP contribution in [-0.2, 0) is 0 Å². The SMILES string of the molecule is CCN(c1cc(Br)cc(C=O)c1C)C1CCCCC1. The first-order chi connectivity index (χ1) is 9.17. The largest absolute Gasteiger partial charge is 0.369 e. The van der Waals surface area contributed by atoms with Crippen molar-refractivity contribution in [1.29, 1.82) is 0 Å². The first-order valence-corrected chi connectivity index (χ1v) is 7.98. The first kappa shape index (κ1) is 14.6. The standard InChI is InChI=1S/C16H22BrNO/c1-3-18(15-7-5-4-6-8-15)16-10-14(17)9-13(11-19)12(16)2/h9-11,15H,3-8H2,1-2H3. The zero-order valence-corrected chi connectivity index (χ0v) is 13.4. The van der Waals surface area contributed by atoms with Crippen LogP contribution in [0.25, 0.3) is 0 Å². The Balaban J connectivity index is 2.36. The maximum absolute atomic E-state index is 11.2. The van der Waals surface area contributed by atoms with Crippen molar-refractivity contribution >= 4 is 27.9 Å². The third kappa shape index (κ3) is 3.19. The number of carbonyl (C=O) groups is 1. The zero-order valence-electron chi connectivity index (χ0n) is 11.8. The van der Waals surface area contributed by atoms with Gasteiger partial charge < -0.3 is 4.90 Å². The Labute approximate surface area is 124 Å². The molecule has 0 amide bonds. The molecule has 1 aromatic carbocycles. The molecule has 0 heterocycles. The highest BCUT2D eigenvalue weighted by molar-refractivity contribution is 9.10. The highest BCUT2D eigenvalue weighted by Crippen LogP contribution is 2.32. The van der Waals surface area contributed by atoms with Gasteiger partial charge in [-0.15, -0.1) is 0 Å². The lowest BCUT2D eigenvalue weighted by Gasteiger charge is -2.36. The molecule has 2 rings (SSSR count). The van der Waals surface area contributed by atoms with Gasteiger partial charge in [-0.05, 0) is 44.4 Å². The highest BCUT2D eigenvalue weighted by Gasteiger charge is 2.22. The van der Waals surface area contributed by atoms with Gasteiger partial charge in [0, 0.05) is 28.3 Å². The lowest BCUT2D eigenvalue weighted by Crippen LogP contribution is -2.37. The van der Waals surface area contributed by atoms with E-state index in [1.165, 1.54) is 37.8 Å². The van der Waals surface area contributed by atoms with Gasteiger partial charge in [0.15, 0.2) is 0 Å². The molecule has 0 saturated heterocycles. The molecule has 0 aromatic heterocycles. The molecule has 1 aliphatic carbocycles. The van der Waals surface area contributed by atoms with Gasteiger partial charge in [-0.25, -0.2) is 0 Å². The summed E-state index contributed by atoms with van der Waals surface area (Å²) in [5.74, 6) is 0.